The van der Waals surface area contributed by atoms with Gasteiger partial charge in [-0.3, -0.25) is 0 Å². The topological polar surface area (TPSA) is 84.9 Å². The third kappa shape index (κ3) is 7.53. The van der Waals surface area contributed by atoms with Crippen LogP contribution in [0.3, 0.4) is 0 Å². The van der Waals surface area contributed by atoms with Crippen LogP contribution in [0.25, 0.3) is 0 Å². The van der Waals surface area contributed by atoms with Crippen LogP contribution in [0.1, 0.15) is 30.9 Å². The second kappa shape index (κ2) is 11.8. The van der Waals surface area contributed by atoms with Crippen LogP contribution in [0.15, 0.2) is 77.7 Å². The molecule has 0 heterocycles. The van der Waals surface area contributed by atoms with Crippen LogP contribution in [-0.2, 0) is 21.4 Å². The van der Waals surface area contributed by atoms with Gasteiger partial charge in [0, 0.05) is 25.9 Å². The zero-order valence-electron chi connectivity index (χ0n) is 19.9. The zero-order chi connectivity index (χ0) is 25.4. The van der Waals surface area contributed by atoms with Gasteiger partial charge in [-0.2, -0.15) is 8.42 Å². The maximum absolute atomic E-state index is 13.1. The average Bonchev–Trinajstić information content (AvgIpc) is 2.83. The van der Waals surface area contributed by atoms with Crippen LogP contribution >= 0.6 is 0 Å². The molecule has 0 aliphatic rings. The Morgan fingerprint density at radius 3 is 2.17 bits per heavy atom. The Bertz CT molecular complexity index is 1210. The Morgan fingerprint density at radius 1 is 0.971 bits per heavy atom. The summed E-state index contributed by atoms with van der Waals surface area (Å²) in [7, 11) is -2.53. The van der Waals surface area contributed by atoms with Crippen molar-refractivity contribution in [2.45, 2.75) is 31.2 Å². The minimum atomic E-state index is -4.09. The van der Waals surface area contributed by atoms with Crippen LogP contribution < -0.4 is 9.50 Å². The molecule has 0 spiro atoms. The molecule has 0 unspecified atom stereocenters. The molecule has 2 amide bonds. The number of rotatable bonds is 10. The van der Waals surface area contributed by atoms with Gasteiger partial charge in [-0.15, -0.1) is 0 Å². The van der Waals surface area contributed by atoms with Gasteiger partial charge < -0.3 is 19.1 Å². The number of anilines is 1. The molecule has 186 valence electrons. The van der Waals surface area contributed by atoms with Gasteiger partial charge in [0.2, 0.25) is 0 Å². The zero-order valence-corrected chi connectivity index (χ0v) is 20.7. The fraction of sp³-hybridized carbons (Fsp3) is 0.269. The lowest BCUT2D eigenvalue weighted by Gasteiger charge is -2.23. The molecule has 3 rings (SSSR count). The number of nitrogens with zero attached hydrogens (tertiary/aromatic N) is 1. The Morgan fingerprint density at radius 2 is 1.60 bits per heavy atom. The molecule has 0 saturated heterocycles. The molecule has 0 bridgehead atoms. The van der Waals surface area contributed by atoms with E-state index in [2.05, 4.69) is 19.2 Å². The van der Waals surface area contributed by atoms with E-state index in [9.17, 15) is 17.6 Å². The first-order valence-electron chi connectivity index (χ1n) is 11.1. The van der Waals surface area contributed by atoms with Gasteiger partial charge in [0.05, 0.1) is 6.61 Å². The van der Waals surface area contributed by atoms with E-state index in [0.717, 1.165) is 29.8 Å². The number of amides is 2. The lowest BCUT2D eigenvalue weighted by atomic mass is 10.0. The summed E-state index contributed by atoms with van der Waals surface area (Å²) in [5, 5.41) is 2.90. The number of methoxy groups -OCH3 is 1. The normalized spacial score (nSPS) is 11.3. The van der Waals surface area contributed by atoms with Gasteiger partial charge in [-0.05, 0) is 65.6 Å². The Kier molecular flexibility index (Phi) is 8.84. The molecule has 3 aromatic rings. The molecule has 0 aliphatic carbocycles. The smallest absolute Gasteiger partial charge is 0.339 e. The van der Waals surface area contributed by atoms with Gasteiger partial charge in [0.1, 0.15) is 16.5 Å². The Balaban J connectivity index is 1.66. The van der Waals surface area contributed by atoms with E-state index in [1.165, 1.54) is 17.7 Å². The molecule has 0 saturated carbocycles. The molecule has 0 aliphatic heterocycles. The number of urea groups is 1. The van der Waals surface area contributed by atoms with Crippen molar-refractivity contribution in [2.75, 3.05) is 25.6 Å². The second-order valence-electron chi connectivity index (χ2n) is 8.26. The first kappa shape index (κ1) is 26.2. The first-order valence-corrected chi connectivity index (χ1v) is 12.5. The lowest BCUT2D eigenvalue weighted by Crippen LogP contribution is -2.36. The third-order valence-corrected chi connectivity index (χ3v) is 6.55. The minimum Gasteiger partial charge on any atom is -0.383 e. The summed E-state index contributed by atoms with van der Waals surface area (Å²) in [6.07, 6.45) is 0. The molecule has 7 nitrogen and oxygen atoms in total. The summed E-state index contributed by atoms with van der Waals surface area (Å²) in [6.45, 7) is 5.22. The fourth-order valence-corrected chi connectivity index (χ4v) is 4.18. The number of hydrogen-bond acceptors (Lipinski definition) is 5. The van der Waals surface area contributed by atoms with E-state index in [4.69, 9.17) is 8.92 Å². The van der Waals surface area contributed by atoms with Crippen LogP contribution in [0.4, 0.5) is 14.9 Å². The monoisotopic (exact) mass is 500 g/mol. The fourth-order valence-electron chi connectivity index (χ4n) is 3.25. The van der Waals surface area contributed by atoms with Gasteiger partial charge >= 0.3 is 16.1 Å². The molecule has 35 heavy (non-hydrogen) atoms. The molecular formula is C26H29FN2O5S. The number of ether oxygens (including phenoxy) is 1. The Hall–Kier alpha value is -3.43. The molecule has 0 aromatic heterocycles. The molecular weight excluding hydrogens is 471 g/mol. The van der Waals surface area contributed by atoms with Crippen LogP contribution in [-0.4, -0.2) is 39.6 Å². The van der Waals surface area contributed by atoms with Gasteiger partial charge in [0.15, 0.2) is 0 Å². The van der Waals surface area contributed by atoms with E-state index in [1.807, 2.05) is 24.3 Å². The Labute approximate surface area is 205 Å². The predicted molar refractivity (Wildman–Crippen MR) is 132 cm³/mol. The van der Waals surface area contributed by atoms with Crippen LogP contribution in [0, 0.1) is 5.82 Å². The standard InChI is InChI=1S/C26H29FN2O5S/c1-19(2)21-6-10-23(11-7-21)28-26(30)29(16-17-33-3)18-20-4-12-24(13-5-20)34-35(31,32)25-14-8-22(27)9-15-25/h4-15,19H,16-18H2,1-3H3,(H,28,30). The highest BCUT2D eigenvalue weighted by molar-refractivity contribution is 7.87. The molecule has 3 aromatic carbocycles. The van der Waals surface area contributed by atoms with Crippen molar-refractivity contribution in [3.05, 3.63) is 89.7 Å². The van der Waals surface area contributed by atoms with Gasteiger partial charge in [-0.25, -0.2) is 9.18 Å². The summed E-state index contributed by atoms with van der Waals surface area (Å²) >= 11 is 0. The first-order chi connectivity index (χ1) is 16.7. The number of carbonyl (C=O) groups is 1. The third-order valence-electron chi connectivity index (χ3n) is 5.29. The minimum absolute atomic E-state index is 0.108. The summed E-state index contributed by atoms with van der Waals surface area (Å²) < 4.78 is 48.2. The summed E-state index contributed by atoms with van der Waals surface area (Å²) in [5.74, 6) is -0.0327. The van der Waals surface area contributed by atoms with E-state index >= 15 is 0 Å². The molecule has 1 N–H and O–H groups in total. The van der Waals surface area contributed by atoms with Crippen molar-refractivity contribution in [3.63, 3.8) is 0 Å². The summed E-state index contributed by atoms with van der Waals surface area (Å²) in [4.78, 5) is 14.4. The van der Waals surface area contributed by atoms with E-state index < -0.39 is 15.9 Å². The number of halogens is 1. The van der Waals surface area contributed by atoms with Crippen molar-refractivity contribution in [2.24, 2.45) is 0 Å². The maximum Gasteiger partial charge on any atom is 0.339 e. The average molecular weight is 501 g/mol. The highest BCUT2D eigenvalue weighted by atomic mass is 32.2. The molecule has 0 atom stereocenters. The predicted octanol–water partition coefficient (Wildman–Crippen LogP) is 5.40. The largest absolute Gasteiger partial charge is 0.383 e. The van der Waals surface area contributed by atoms with Gasteiger partial charge in [-0.1, -0.05) is 38.1 Å². The number of carbonyl (C=O) groups excluding carboxylic acids is 1. The molecule has 0 radical (unpaired) electrons. The molecule has 9 heteroatoms. The maximum atomic E-state index is 13.1. The lowest BCUT2D eigenvalue weighted by molar-refractivity contribution is 0.153. The van der Waals surface area contributed by atoms with Crippen molar-refractivity contribution >= 4 is 21.8 Å². The van der Waals surface area contributed by atoms with Crippen LogP contribution in [0.5, 0.6) is 5.75 Å². The van der Waals surface area contributed by atoms with E-state index in [0.29, 0.717) is 24.8 Å². The van der Waals surface area contributed by atoms with Crippen molar-refractivity contribution in [1.82, 2.24) is 4.90 Å². The highest BCUT2D eigenvalue weighted by Crippen LogP contribution is 2.21. The highest BCUT2D eigenvalue weighted by Gasteiger charge is 2.18. The van der Waals surface area contributed by atoms with E-state index in [1.54, 1.807) is 24.1 Å². The van der Waals surface area contributed by atoms with Gasteiger partial charge in [0.25, 0.3) is 0 Å². The van der Waals surface area contributed by atoms with Crippen LogP contribution in [0.2, 0.25) is 0 Å². The SMILES string of the molecule is COCCN(Cc1ccc(OS(=O)(=O)c2ccc(F)cc2)cc1)C(=O)Nc1ccc(C(C)C)cc1. The van der Waals surface area contributed by atoms with Crippen molar-refractivity contribution in [1.29, 1.82) is 0 Å². The number of nitrogens with one attached hydrogen (secondary N) is 1. The van der Waals surface area contributed by atoms with Crippen molar-refractivity contribution in [3.8, 4) is 5.75 Å². The number of hydrogen-bond donors (Lipinski definition) is 1. The quantitative estimate of drug-likeness (QED) is 0.377. The number of benzene rings is 3. The second-order valence-corrected chi connectivity index (χ2v) is 9.80. The summed E-state index contributed by atoms with van der Waals surface area (Å²) in [6, 6.07) is 18.2. The van der Waals surface area contributed by atoms with Crippen molar-refractivity contribution < 1.29 is 26.5 Å². The van der Waals surface area contributed by atoms with E-state index in [-0.39, 0.29) is 23.2 Å². The summed E-state index contributed by atoms with van der Waals surface area (Å²) in [5.41, 5.74) is 2.65. The molecule has 0 fully saturated rings.